The third kappa shape index (κ3) is 5.19. The molecule has 3 rings (SSSR count). The van der Waals surface area contributed by atoms with Gasteiger partial charge in [-0.05, 0) is 23.8 Å². The van der Waals surface area contributed by atoms with Crippen molar-refractivity contribution in [3.05, 3.63) is 63.4 Å². The van der Waals surface area contributed by atoms with Crippen LogP contribution in [0.2, 0.25) is 0 Å². The summed E-state index contributed by atoms with van der Waals surface area (Å²) >= 11 is 4.77. The first-order valence-corrected chi connectivity index (χ1v) is 11.9. The molecule has 144 valence electrons. The van der Waals surface area contributed by atoms with Crippen molar-refractivity contribution in [1.82, 2.24) is 4.57 Å². The normalized spacial score (nSPS) is 12.2. The zero-order chi connectivity index (χ0) is 20.1. The molecule has 0 aliphatic carbocycles. The Kier molecular flexibility index (Phi) is 6.50. The molecule has 0 bridgehead atoms. The van der Waals surface area contributed by atoms with Crippen LogP contribution in [-0.4, -0.2) is 24.6 Å². The van der Waals surface area contributed by atoms with Gasteiger partial charge in [-0.3, -0.25) is 4.79 Å². The predicted octanol–water partition coefficient (Wildman–Crippen LogP) is 3.53. The van der Waals surface area contributed by atoms with Crippen LogP contribution < -0.4 is 4.80 Å². The second-order valence-electron chi connectivity index (χ2n) is 6.12. The van der Waals surface area contributed by atoms with Crippen molar-refractivity contribution in [2.75, 3.05) is 5.75 Å². The van der Waals surface area contributed by atoms with Gasteiger partial charge in [0.25, 0.3) is 0 Å². The van der Waals surface area contributed by atoms with E-state index in [1.165, 1.54) is 11.3 Å². The van der Waals surface area contributed by atoms with Gasteiger partial charge in [0.15, 0.2) is 14.6 Å². The van der Waals surface area contributed by atoms with Gasteiger partial charge in [0.05, 0.1) is 28.3 Å². The fourth-order valence-corrected chi connectivity index (χ4v) is 5.61. The number of rotatable bonds is 6. The van der Waals surface area contributed by atoms with E-state index in [0.717, 1.165) is 14.7 Å². The Morgan fingerprint density at radius 1 is 1.21 bits per heavy atom. The average Bonchev–Trinajstić information content (AvgIpc) is 2.97. The summed E-state index contributed by atoms with van der Waals surface area (Å²) in [6.07, 6.45) is 5.28. The maximum absolute atomic E-state index is 12.3. The van der Waals surface area contributed by atoms with Gasteiger partial charge < -0.3 is 4.57 Å². The zero-order valence-electron chi connectivity index (χ0n) is 14.8. The van der Waals surface area contributed by atoms with Crippen LogP contribution in [0.4, 0.5) is 0 Å². The number of amides is 1. The number of sulfone groups is 1. The molecule has 3 aromatic rings. The highest BCUT2D eigenvalue weighted by Crippen LogP contribution is 2.22. The van der Waals surface area contributed by atoms with E-state index >= 15 is 0 Å². The maximum atomic E-state index is 12.3. The largest absolute Gasteiger partial charge is 0.305 e. The summed E-state index contributed by atoms with van der Waals surface area (Å²) in [6, 6.07) is 14.6. The Bertz CT molecular complexity index is 1220. The summed E-state index contributed by atoms with van der Waals surface area (Å²) in [5.41, 5.74) is 1.59. The summed E-state index contributed by atoms with van der Waals surface area (Å²) in [5, 5.41) is 0. The van der Waals surface area contributed by atoms with Crippen LogP contribution >= 0.6 is 27.3 Å². The Morgan fingerprint density at radius 2 is 1.96 bits per heavy atom. The van der Waals surface area contributed by atoms with Crippen molar-refractivity contribution in [3.63, 3.8) is 0 Å². The van der Waals surface area contributed by atoms with Crippen LogP contribution in [0, 0.1) is 12.3 Å². The molecular weight excluding hydrogens is 460 g/mol. The molecule has 0 atom stereocenters. The van der Waals surface area contributed by atoms with Gasteiger partial charge in [0.2, 0.25) is 5.91 Å². The average molecular weight is 477 g/mol. The molecule has 0 unspecified atom stereocenters. The minimum Gasteiger partial charge on any atom is -0.305 e. The van der Waals surface area contributed by atoms with E-state index in [1.807, 2.05) is 24.3 Å². The third-order valence-electron chi connectivity index (χ3n) is 3.97. The van der Waals surface area contributed by atoms with Crippen LogP contribution in [0.15, 0.2) is 58.0 Å². The lowest BCUT2D eigenvalue weighted by Gasteiger charge is -2.03. The van der Waals surface area contributed by atoms with Gasteiger partial charge in [-0.25, -0.2) is 8.42 Å². The van der Waals surface area contributed by atoms with Crippen molar-refractivity contribution in [1.29, 1.82) is 0 Å². The number of terminal acetylenes is 1. The first kappa shape index (κ1) is 20.5. The second kappa shape index (κ2) is 8.86. The Balaban J connectivity index is 1.79. The minimum absolute atomic E-state index is 0.0882. The number of hydrogen-bond acceptors (Lipinski definition) is 4. The Hall–Kier alpha value is -2.21. The summed E-state index contributed by atoms with van der Waals surface area (Å²) in [5.74, 6) is 1.76. The quantitative estimate of drug-likeness (QED) is 0.511. The molecule has 5 nitrogen and oxygen atoms in total. The zero-order valence-corrected chi connectivity index (χ0v) is 18.1. The van der Waals surface area contributed by atoms with Crippen molar-refractivity contribution in [2.24, 2.45) is 4.99 Å². The number of carbonyl (C=O) groups is 1. The first-order valence-electron chi connectivity index (χ1n) is 8.42. The molecular formula is C20H17BrN2O3S2. The number of nitrogens with zero attached hydrogens (tertiary/aromatic N) is 2. The van der Waals surface area contributed by atoms with Gasteiger partial charge in [-0.1, -0.05) is 63.5 Å². The maximum Gasteiger partial charge on any atom is 0.249 e. The van der Waals surface area contributed by atoms with Crippen LogP contribution in [-0.2, 0) is 26.9 Å². The molecule has 28 heavy (non-hydrogen) atoms. The van der Waals surface area contributed by atoms with Gasteiger partial charge in [-0.2, -0.15) is 4.99 Å². The number of aromatic nitrogens is 1. The fourth-order valence-electron chi connectivity index (χ4n) is 2.68. The summed E-state index contributed by atoms with van der Waals surface area (Å²) < 4.78 is 28.2. The monoisotopic (exact) mass is 476 g/mol. The number of carbonyl (C=O) groups excluding carboxylic acids is 1. The van der Waals surface area contributed by atoms with Gasteiger partial charge in [0, 0.05) is 10.9 Å². The van der Waals surface area contributed by atoms with Crippen LogP contribution in [0.25, 0.3) is 10.2 Å². The molecule has 0 N–H and O–H groups in total. The van der Waals surface area contributed by atoms with Crippen molar-refractivity contribution in [3.8, 4) is 12.3 Å². The summed E-state index contributed by atoms with van der Waals surface area (Å²) in [6.45, 7) is 0.278. The van der Waals surface area contributed by atoms with Crippen molar-refractivity contribution in [2.45, 2.75) is 18.7 Å². The number of thiazole rings is 1. The smallest absolute Gasteiger partial charge is 0.249 e. The van der Waals surface area contributed by atoms with E-state index in [4.69, 9.17) is 6.42 Å². The van der Waals surface area contributed by atoms with Gasteiger partial charge >= 0.3 is 0 Å². The van der Waals surface area contributed by atoms with E-state index in [1.54, 1.807) is 28.8 Å². The molecule has 1 heterocycles. The second-order valence-corrected chi connectivity index (χ2v) is 10.2. The lowest BCUT2D eigenvalue weighted by Crippen LogP contribution is -2.18. The minimum atomic E-state index is -3.40. The Morgan fingerprint density at radius 3 is 2.68 bits per heavy atom. The molecule has 1 amide bonds. The molecule has 0 aliphatic rings. The van der Waals surface area contributed by atoms with Crippen LogP contribution in [0.5, 0.6) is 0 Å². The number of hydrogen-bond donors (Lipinski definition) is 0. The third-order valence-corrected chi connectivity index (χ3v) is 7.10. The molecule has 0 fully saturated rings. The summed E-state index contributed by atoms with van der Waals surface area (Å²) in [4.78, 5) is 16.9. The number of halogens is 1. The van der Waals surface area contributed by atoms with E-state index in [0.29, 0.717) is 10.4 Å². The first-order chi connectivity index (χ1) is 13.4. The lowest BCUT2D eigenvalue weighted by atomic mass is 10.2. The number of benzene rings is 2. The molecule has 0 spiro atoms. The predicted molar refractivity (Wildman–Crippen MR) is 115 cm³/mol. The SMILES string of the molecule is C#CCn1c(=NC(=O)CCS(=O)(=O)Cc2ccccc2)sc2cc(Br)ccc21. The molecule has 8 heteroatoms. The van der Waals surface area contributed by atoms with E-state index < -0.39 is 15.7 Å². The standard InChI is InChI=1S/C20H17BrN2O3S2/c1-2-11-23-17-9-8-16(21)13-18(17)27-20(23)22-19(24)10-12-28(25,26)14-15-6-4-3-5-7-15/h1,3-9,13H,10-12,14H2. The topological polar surface area (TPSA) is 68.5 Å². The van der Waals surface area contributed by atoms with E-state index in [9.17, 15) is 13.2 Å². The van der Waals surface area contributed by atoms with E-state index in [2.05, 4.69) is 26.8 Å². The lowest BCUT2D eigenvalue weighted by molar-refractivity contribution is -0.117. The van der Waals surface area contributed by atoms with Gasteiger partial charge in [-0.15, -0.1) is 6.42 Å². The molecule has 0 radical (unpaired) electrons. The molecule has 0 saturated heterocycles. The Labute approximate surface area is 175 Å². The fraction of sp³-hybridized carbons (Fsp3) is 0.200. The molecule has 0 saturated carbocycles. The highest BCUT2D eigenvalue weighted by atomic mass is 79.9. The van der Waals surface area contributed by atoms with Gasteiger partial charge in [0.1, 0.15) is 0 Å². The summed E-state index contributed by atoms with van der Waals surface area (Å²) in [7, 11) is -3.40. The van der Waals surface area contributed by atoms with Crippen LogP contribution in [0.3, 0.4) is 0 Å². The van der Waals surface area contributed by atoms with Crippen LogP contribution in [0.1, 0.15) is 12.0 Å². The molecule has 2 aromatic carbocycles. The number of fused-ring (bicyclic) bond motifs is 1. The highest BCUT2D eigenvalue weighted by Gasteiger charge is 2.15. The van der Waals surface area contributed by atoms with Crippen molar-refractivity contribution < 1.29 is 13.2 Å². The molecule has 1 aromatic heterocycles. The molecule has 0 aliphatic heterocycles. The van der Waals surface area contributed by atoms with E-state index in [-0.39, 0.29) is 24.5 Å². The highest BCUT2D eigenvalue weighted by molar-refractivity contribution is 9.10. The van der Waals surface area contributed by atoms with Crippen molar-refractivity contribution >= 4 is 53.2 Å².